The zero-order valence-electron chi connectivity index (χ0n) is 18.0. The lowest BCUT2D eigenvalue weighted by Gasteiger charge is -2.46. The molecule has 168 valence electrons. The number of rotatable bonds is 4. The Morgan fingerprint density at radius 2 is 2.03 bits per heavy atom. The minimum Gasteiger partial charge on any atom is -0.352 e. The quantitative estimate of drug-likeness (QED) is 0.571. The number of nitrogens with zero attached hydrogens (tertiary/aromatic N) is 1. The molecule has 32 heavy (non-hydrogen) atoms. The molecule has 5 rings (SSSR count). The first-order valence-corrected chi connectivity index (χ1v) is 11.6. The third-order valence-corrected chi connectivity index (χ3v) is 7.13. The first-order chi connectivity index (χ1) is 15.5. The second-order valence-electron chi connectivity index (χ2n) is 9.04. The van der Waals surface area contributed by atoms with E-state index in [9.17, 15) is 9.59 Å². The SMILES string of the molecule is Cc1cccc(C2NNN3C4CC(C(=O)NCc5cccc(Cl)c5)CCC4C(=O)NC23)c1. The Balaban J connectivity index is 1.27. The van der Waals surface area contributed by atoms with Crippen molar-refractivity contribution in [2.24, 2.45) is 11.8 Å². The molecule has 0 bridgehead atoms. The summed E-state index contributed by atoms with van der Waals surface area (Å²) in [5, 5.41) is 9.01. The minimum absolute atomic E-state index is 0.0354. The zero-order valence-corrected chi connectivity index (χ0v) is 18.7. The van der Waals surface area contributed by atoms with Gasteiger partial charge in [-0.15, -0.1) is 0 Å². The highest BCUT2D eigenvalue weighted by Gasteiger charge is 2.51. The smallest absolute Gasteiger partial charge is 0.226 e. The van der Waals surface area contributed by atoms with Gasteiger partial charge in [0.1, 0.15) is 6.17 Å². The second kappa shape index (κ2) is 8.83. The number of nitrogens with one attached hydrogen (secondary N) is 4. The number of halogens is 1. The minimum atomic E-state index is -0.196. The maximum atomic E-state index is 12.9. The van der Waals surface area contributed by atoms with E-state index in [0.717, 1.165) is 11.1 Å². The molecule has 2 aliphatic heterocycles. The van der Waals surface area contributed by atoms with Gasteiger partial charge in [-0.05, 0) is 49.4 Å². The molecule has 4 N–H and O–H groups in total. The van der Waals surface area contributed by atoms with Gasteiger partial charge in [0.05, 0.1) is 12.0 Å². The molecular formula is C24H28ClN5O2. The molecular weight excluding hydrogens is 426 g/mol. The van der Waals surface area contributed by atoms with Crippen molar-refractivity contribution in [2.75, 3.05) is 0 Å². The first-order valence-electron chi connectivity index (χ1n) is 11.2. The summed E-state index contributed by atoms with van der Waals surface area (Å²) in [6, 6.07) is 15.7. The van der Waals surface area contributed by atoms with E-state index in [1.54, 1.807) is 0 Å². The molecule has 2 saturated heterocycles. The van der Waals surface area contributed by atoms with Crippen LogP contribution < -0.4 is 21.6 Å². The van der Waals surface area contributed by atoms with E-state index >= 15 is 0 Å². The van der Waals surface area contributed by atoms with Crippen LogP contribution in [0.2, 0.25) is 5.02 Å². The molecule has 2 aromatic carbocycles. The van der Waals surface area contributed by atoms with E-state index in [0.29, 0.717) is 30.8 Å². The molecule has 3 fully saturated rings. The lowest BCUT2D eigenvalue weighted by molar-refractivity contribution is -0.143. The molecule has 5 atom stereocenters. The van der Waals surface area contributed by atoms with Crippen LogP contribution in [0.4, 0.5) is 0 Å². The van der Waals surface area contributed by atoms with Gasteiger partial charge in [0.25, 0.3) is 0 Å². The van der Waals surface area contributed by atoms with Gasteiger partial charge in [0.15, 0.2) is 0 Å². The lowest BCUT2D eigenvalue weighted by atomic mass is 9.75. The largest absolute Gasteiger partial charge is 0.352 e. The van der Waals surface area contributed by atoms with Gasteiger partial charge in [-0.3, -0.25) is 9.59 Å². The second-order valence-corrected chi connectivity index (χ2v) is 9.48. The molecule has 0 aromatic heterocycles. The van der Waals surface area contributed by atoms with Gasteiger partial charge in [-0.2, -0.15) is 5.53 Å². The van der Waals surface area contributed by atoms with E-state index < -0.39 is 0 Å². The summed E-state index contributed by atoms with van der Waals surface area (Å²) in [5.74, 6) is -0.124. The fourth-order valence-corrected chi connectivity index (χ4v) is 5.47. The van der Waals surface area contributed by atoms with Gasteiger partial charge in [-0.1, -0.05) is 53.6 Å². The summed E-state index contributed by atoms with van der Waals surface area (Å²) in [7, 11) is 0. The van der Waals surface area contributed by atoms with Crippen molar-refractivity contribution < 1.29 is 9.59 Å². The van der Waals surface area contributed by atoms with Gasteiger partial charge in [0, 0.05) is 23.5 Å². The Bertz CT molecular complexity index is 1030. The van der Waals surface area contributed by atoms with E-state index in [1.807, 2.05) is 30.3 Å². The molecule has 8 heteroatoms. The van der Waals surface area contributed by atoms with Gasteiger partial charge in [-0.25, -0.2) is 10.4 Å². The van der Waals surface area contributed by atoms with Crippen LogP contribution in [-0.2, 0) is 16.1 Å². The van der Waals surface area contributed by atoms with Gasteiger partial charge < -0.3 is 10.6 Å². The highest BCUT2D eigenvalue weighted by atomic mass is 35.5. The van der Waals surface area contributed by atoms with E-state index in [1.165, 1.54) is 5.56 Å². The number of carbonyl (C=O) groups is 2. The monoisotopic (exact) mass is 453 g/mol. The number of amides is 2. The standard InChI is InChI=1S/C24H28ClN5O2/c1-14-4-2-6-16(10-14)21-22-27-24(32)19-9-8-17(12-20(19)30(22)29-28-21)23(31)26-13-15-5-3-7-18(25)11-15/h2-7,10-11,17,19-22,28-29H,8-9,12-13H2,1H3,(H,26,31)(H,27,32). The van der Waals surface area contributed by atoms with Crippen LogP contribution in [0.15, 0.2) is 48.5 Å². The van der Waals surface area contributed by atoms with Crippen LogP contribution in [0.1, 0.15) is 42.0 Å². The van der Waals surface area contributed by atoms with Crippen molar-refractivity contribution in [2.45, 2.75) is 51.0 Å². The number of benzene rings is 2. The average molecular weight is 454 g/mol. The van der Waals surface area contributed by atoms with Crippen molar-refractivity contribution in [1.82, 2.24) is 26.6 Å². The van der Waals surface area contributed by atoms with Gasteiger partial charge in [0.2, 0.25) is 11.8 Å². The Hall–Kier alpha value is -2.45. The van der Waals surface area contributed by atoms with E-state index in [2.05, 4.69) is 51.7 Å². The van der Waals surface area contributed by atoms with Crippen molar-refractivity contribution in [3.8, 4) is 0 Å². The topological polar surface area (TPSA) is 85.5 Å². The Kier molecular flexibility index (Phi) is 5.90. The summed E-state index contributed by atoms with van der Waals surface area (Å²) >= 11 is 6.05. The van der Waals surface area contributed by atoms with Crippen LogP contribution in [0.25, 0.3) is 0 Å². The third-order valence-electron chi connectivity index (χ3n) is 6.89. The fourth-order valence-electron chi connectivity index (χ4n) is 5.26. The first kappa shape index (κ1) is 21.4. The highest BCUT2D eigenvalue weighted by molar-refractivity contribution is 6.30. The summed E-state index contributed by atoms with van der Waals surface area (Å²) in [6.45, 7) is 2.51. The summed E-state index contributed by atoms with van der Waals surface area (Å²) < 4.78 is 0. The molecule has 5 unspecified atom stereocenters. The summed E-state index contributed by atoms with van der Waals surface area (Å²) in [4.78, 5) is 25.9. The number of hydrogen-bond donors (Lipinski definition) is 4. The molecule has 2 amide bonds. The van der Waals surface area contributed by atoms with Crippen LogP contribution in [0, 0.1) is 18.8 Å². The number of carbonyl (C=O) groups excluding carboxylic acids is 2. The molecule has 1 aliphatic carbocycles. The Morgan fingerprint density at radius 3 is 2.84 bits per heavy atom. The molecule has 1 saturated carbocycles. The molecule has 7 nitrogen and oxygen atoms in total. The van der Waals surface area contributed by atoms with E-state index in [-0.39, 0.29) is 41.9 Å². The zero-order chi connectivity index (χ0) is 22.2. The predicted octanol–water partition coefficient (Wildman–Crippen LogP) is 2.57. The Morgan fingerprint density at radius 1 is 1.19 bits per heavy atom. The maximum Gasteiger partial charge on any atom is 0.226 e. The highest BCUT2D eigenvalue weighted by Crippen LogP contribution is 2.38. The molecule has 0 spiro atoms. The summed E-state index contributed by atoms with van der Waals surface area (Å²) in [6.07, 6.45) is 1.86. The molecule has 2 aromatic rings. The van der Waals surface area contributed by atoms with Crippen molar-refractivity contribution in [1.29, 1.82) is 0 Å². The van der Waals surface area contributed by atoms with Crippen molar-refractivity contribution in [3.63, 3.8) is 0 Å². The molecule has 3 aliphatic rings. The third kappa shape index (κ3) is 4.13. The summed E-state index contributed by atoms with van der Waals surface area (Å²) in [5.41, 5.74) is 9.91. The maximum absolute atomic E-state index is 12.9. The number of fused-ring (bicyclic) bond motifs is 3. The van der Waals surface area contributed by atoms with E-state index in [4.69, 9.17) is 11.6 Å². The fraction of sp³-hybridized carbons (Fsp3) is 0.417. The van der Waals surface area contributed by atoms with Crippen LogP contribution in [0.5, 0.6) is 0 Å². The van der Waals surface area contributed by atoms with Crippen LogP contribution in [-0.4, -0.2) is 29.0 Å². The lowest BCUT2D eigenvalue weighted by Crippen LogP contribution is -2.65. The van der Waals surface area contributed by atoms with Crippen molar-refractivity contribution >= 4 is 23.4 Å². The number of aryl methyl sites for hydroxylation is 1. The van der Waals surface area contributed by atoms with Crippen LogP contribution in [0.3, 0.4) is 0 Å². The van der Waals surface area contributed by atoms with Crippen molar-refractivity contribution in [3.05, 3.63) is 70.2 Å². The Labute approximate surface area is 192 Å². The number of hydrazine groups is 2. The van der Waals surface area contributed by atoms with Gasteiger partial charge >= 0.3 is 0 Å². The van der Waals surface area contributed by atoms with Crippen LogP contribution >= 0.6 is 11.6 Å². The molecule has 0 radical (unpaired) electrons. The number of hydrogen-bond acceptors (Lipinski definition) is 5. The predicted molar refractivity (Wildman–Crippen MR) is 122 cm³/mol. The normalized spacial score (nSPS) is 29.7. The average Bonchev–Trinajstić information content (AvgIpc) is 3.21. The molecule has 2 heterocycles.